The molecule has 0 aromatic heterocycles. The highest BCUT2D eigenvalue weighted by Crippen LogP contribution is 2.35. The van der Waals surface area contributed by atoms with Crippen LogP contribution >= 0.6 is 34.2 Å². The normalized spacial score (nSPS) is 45.3. The Balaban J connectivity index is 2.23. The molecule has 74 valence electrons. The van der Waals surface area contributed by atoms with Gasteiger partial charge in [-0.25, -0.2) is 0 Å². The molecule has 1 fully saturated rings. The summed E-state index contributed by atoms with van der Waals surface area (Å²) in [5.74, 6) is 0.344. The van der Waals surface area contributed by atoms with Crippen molar-refractivity contribution < 1.29 is 5.11 Å². The number of aliphatic hydroxyl groups is 1. The molecule has 2 rings (SSSR count). The Labute approximate surface area is 96.9 Å². The average Bonchev–Trinajstić information content (AvgIpc) is 2.15. The van der Waals surface area contributed by atoms with Gasteiger partial charge >= 0.3 is 0 Å². The van der Waals surface area contributed by atoms with E-state index in [1.165, 1.54) is 0 Å². The predicted octanol–water partition coefficient (Wildman–Crippen LogP) is 2.01. The molecule has 1 aliphatic heterocycles. The molecule has 0 radical (unpaired) electrons. The van der Waals surface area contributed by atoms with Crippen LogP contribution in [0.15, 0.2) is 4.99 Å². The van der Waals surface area contributed by atoms with Crippen molar-refractivity contribution in [3.8, 4) is 0 Å². The molecular formula is C9H13ClINO. The van der Waals surface area contributed by atoms with Crippen LogP contribution in [0.2, 0.25) is 0 Å². The third kappa shape index (κ3) is 1.88. The Morgan fingerprint density at radius 3 is 3.08 bits per heavy atom. The van der Waals surface area contributed by atoms with E-state index in [4.69, 9.17) is 11.6 Å². The summed E-state index contributed by atoms with van der Waals surface area (Å²) in [7, 11) is 0. The SMILES string of the molecule is OC1C2=NCCCC2C(Cl)CC1I. The maximum atomic E-state index is 9.89. The second-order valence-electron chi connectivity index (χ2n) is 3.77. The van der Waals surface area contributed by atoms with Gasteiger partial charge in [0.15, 0.2) is 0 Å². The van der Waals surface area contributed by atoms with Crippen molar-refractivity contribution in [3.05, 3.63) is 0 Å². The first kappa shape index (κ1) is 10.2. The molecule has 1 saturated carbocycles. The summed E-state index contributed by atoms with van der Waals surface area (Å²) >= 11 is 8.53. The van der Waals surface area contributed by atoms with Crippen LogP contribution in [0, 0.1) is 5.92 Å². The monoisotopic (exact) mass is 313 g/mol. The molecule has 2 nitrogen and oxygen atoms in total. The van der Waals surface area contributed by atoms with Crippen LogP contribution in [-0.2, 0) is 0 Å². The highest BCUT2D eigenvalue weighted by molar-refractivity contribution is 14.1. The van der Waals surface area contributed by atoms with Crippen LogP contribution in [-0.4, -0.2) is 32.8 Å². The third-order valence-electron chi connectivity index (χ3n) is 2.88. The van der Waals surface area contributed by atoms with Gasteiger partial charge in [0.2, 0.25) is 0 Å². The topological polar surface area (TPSA) is 32.6 Å². The van der Waals surface area contributed by atoms with Gasteiger partial charge in [-0.3, -0.25) is 4.99 Å². The minimum absolute atomic E-state index is 0.185. The summed E-state index contributed by atoms with van der Waals surface area (Å²) in [4.78, 5) is 4.41. The molecule has 4 atom stereocenters. The van der Waals surface area contributed by atoms with E-state index in [1.807, 2.05) is 0 Å². The number of alkyl halides is 2. The van der Waals surface area contributed by atoms with Gasteiger partial charge in [0.25, 0.3) is 0 Å². The summed E-state index contributed by atoms with van der Waals surface area (Å²) in [6.45, 7) is 0.871. The minimum Gasteiger partial charge on any atom is -0.386 e. The second-order valence-corrected chi connectivity index (χ2v) is 5.93. The summed E-state index contributed by atoms with van der Waals surface area (Å²) in [5.41, 5.74) is 0.969. The lowest BCUT2D eigenvalue weighted by molar-refractivity contribution is 0.211. The zero-order valence-electron chi connectivity index (χ0n) is 7.29. The Kier molecular flexibility index (Phi) is 3.15. The predicted molar refractivity (Wildman–Crippen MR) is 63.1 cm³/mol. The summed E-state index contributed by atoms with van der Waals surface area (Å²) in [5, 5.41) is 10.1. The fourth-order valence-electron chi connectivity index (χ4n) is 2.16. The van der Waals surface area contributed by atoms with Gasteiger partial charge in [0, 0.05) is 27.5 Å². The van der Waals surface area contributed by atoms with E-state index >= 15 is 0 Å². The number of hydrogen-bond donors (Lipinski definition) is 1. The highest BCUT2D eigenvalue weighted by Gasteiger charge is 2.40. The molecule has 2 aliphatic rings. The lowest BCUT2D eigenvalue weighted by atomic mass is 9.80. The quantitative estimate of drug-likeness (QED) is 0.538. The first-order valence-corrected chi connectivity index (χ1v) is 6.39. The van der Waals surface area contributed by atoms with Crippen molar-refractivity contribution in [1.29, 1.82) is 0 Å². The standard InChI is InChI=1S/C9H13ClINO/c10-6-4-7(11)9(13)8-5(6)2-1-3-12-8/h5-7,9,13H,1-4H2. The van der Waals surface area contributed by atoms with Gasteiger partial charge in [-0.2, -0.15) is 0 Å². The number of halogens is 2. The number of fused-ring (bicyclic) bond motifs is 1. The van der Waals surface area contributed by atoms with Crippen molar-refractivity contribution in [3.63, 3.8) is 0 Å². The zero-order valence-corrected chi connectivity index (χ0v) is 10.2. The largest absolute Gasteiger partial charge is 0.386 e. The van der Waals surface area contributed by atoms with Crippen molar-refractivity contribution in [1.82, 2.24) is 0 Å². The summed E-state index contributed by atoms with van der Waals surface area (Å²) in [6, 6.07) is 0. The Bertz CT molecular complexity index is 234. The number of hydrogen-bond acceptors (Lipinski definition) is 2. The molecule has 1 heterocycles. The first-order valence-electron chi connectivity index (χ1n) is 4.70. The maximum Gasteiger partial charge on any atom is 0.104 e. The number of rotatable bonds is 0. The van der Waals surface area contributed by atoms with Crippen LogP contribution in [0.25, 0.3) is 0 Å². The molecule has 0 bridgehead atoms. The van der Waals surface area contributed by atoms with Crippen LogP contribution in [0.4, 0.5) is 0 Å². The Morgan fingerprint density at radius 1 is 1.54 bits per heavy atom. The number of aliphatic imine (C=N–C) groups is 1. The fraction of sp³-hybridized carbons (Fsp3) is 0.889. The summed E-state index contributed by atoms with van der Waals surface area (Å²) in [6.07, 6.45) is 2.79. The number of aliphatic hydroxyl groups excluding tert-OH is 1. The first-order chi connectivity index (χ1) is 6.20. The third-order valence-corrected chi connectivity index (χ3v) is 4.55. The molecule has 0 aromatic carbocycles. The van der Waals surface area contributed by atoms with Gasteiger partial charge in [-0.05, 0) is 19.3 Å². The van der Waals surface area contributed by atoms with E-state index < -0.39 is 0 Å². The van der Waals surface area contributed by atoms with E-state index in [9.17, 15) is 5.11 Å². The number of nitrogens with zero attached hydrogens (tertiary/aromatic N) is 1. The Morgan fingerprint density at radius 2 is 2.31 bits per heavy atom. The van der Waals surface area contributed by atoms with E-state index in [0.717, 1.165) is 31.5 Å². The van der Waals surface area contributed by atoms with Crippen molar-refractivity contribution in [2.75, 3.05) is 6.54 Å². The van der Waals surface area contributed by atoms with Crippen LogP contribution in [0.1, 0.15) is 19.3 Å². The zero-order chi connectivity index (χ0) is 9.42. The van der Waals surface area contributed by atoms with Crippen molar-refractivity contribution >= 4 is 39.9 Å². The van der Waals surface area contributed by atoms with Crippen molar-refractivity contribution in [2.24, 2.45) is 10.9 Å². The molecular weight excluding hydrogens is 300 g/mol. The van der Waals surface area contributed by atoms with E-state index in [2.05, 4.69) is 27.6 Å². The molecule has 4 unspecified atom stereocenters. The van der Waals surface area contributed by atoms with Gasteiger partial charge in [-0.15, -0.1) is 11.6 Å². The molecule has 4 heteroatoms. The molecule has 1 aliphatic carbocycles. The van der Waals surface area contributed by atoms with E-state index in [0.29, 0.717) is 5.92 Å². The molecule has 1 N–H and O–H groups in total. The lowest BCUT2D eigenvalue weighted by Crippen LogP contribution is -2.47. The average molecular weight is 314 g/mol. The van der Waals surface area contributed by atoms with E-state index in [-0.39, 0.29) is 15.4 Å². The second kappa shape index (κ2) is 4.03. The van der Waals surface area contributed by atoms with Crippen LogP contribution in [0.3, 0.4) is 0 Å². The molecule has 0 amide bonds. The van der Waals surface area contributed by atoms with E-state index in [1.54, 1.807) is 0 Å². The summed E-state index contributed by atoms with van der Waals surface area (Å²) < 4.78 is 0.244. The molecule has 0 aromatic rings. The minimum atomic E-state index is -0.346. The lowest BCUT2D eigenvalue weighted by Gasteiger charge is -2.37. The van der Waals surface area contributed by atoms with Gasteiger partial charge in [0.1, 0.15) is 6.10 Å². The highest BCUT2D eigenvalue weighted by atomic mass is 127. The van der Waals surface area contributed by atoms with Gasteiger partial charge in [0.05, 0.1) is 0 Å². The van der Waals surface area contributed by atoms with Crippen LogP contribution < -0.4 is 0 Å². The fourth-order valence-corrected chi connectivity index (χ4v) is 3.82. The van der Waals surface area contributed by atoms with Gasteiger partial charge < -0.3 is 5.11 Å². The smallest absolute Gasteiger partial charge is 0.104 e. The Hall–Kier alpha value is 0.650. The molecule has 0 spiro atoms. The van der Waals surface area contributed by atoms with Crippen molar-refractivity contribution in [2.45, 2.75) is 34.7 Å². The van der Waals surface area contributed by atoms with Gasteiger partial charge in [-0.1, -0.05) is 22.6 Å². The molecule has 13 heavy (non-hydrogen) atoms. The molecule has 0 saturated heterocycles. The van der Waals surface area contributed by atoms with Crippen LogP contribution in [0.5, 0.6) is 0 Å². The maximum absolute atomic E-state index is 9.89.